The van der Waals surface area contributed by atoms with Gasteiger partial charge in [-0.2, -0.15) is 8.61 Å². The number of nitrogens with zero attached hydrogens (tertiary/aromatic N) is 2. The molecule has 12 nitrogen and oxygen atoms in total. The Labute approximate surface area is 285 Å². The number of benzene rings is 4. The molecule has 0 aliphatic carbocycles. The average molecular weight is 727 g/mol. The lowest BCUT2D eigenvalue weighted by atomic mass is 10.1. The van der Waals surface area contributed by atoms with E-state index < -0.39 is 65.4 Å². The second-order valence-electron chi connectivity index (χ2n) is 11.9. The topological polar surface area (TPSA) is 183 Å². The molecule has 1 aliphatic rings. The number of sulfonamides is 2. The standard InChI is InChI=1S/C34H34N2O10S3/c1-23-13-15-27(33(37)38)17-31(23)48(43,44)35(19-25-9-5-3-6-10-25)29-21-47(41,42)22-30(29)36(20-26-11-7-4-8-12-26)49(45,46)32-18-28(34(39)40)16-14-24(32)2/h3-18,29-30H,19-22H2,1-2H3,(H,37,38)(H,39,40)/t29-,30+. The van der Waals surface area contributed by atoms with Crippen LogP contribution in [0.5, 0.6) is 0 Å². The number of hydrogen-bond donors (Lipinski definition) is 2. The lowest BCUT2D eigenvalue weighted by Crippen LogP contribution is -2.54. The molecular weight excluding hydrogens is 693 g/mol. The summed E-state index contributed by atoms with van der Waals surface area (Å²) in [5, 5.41) is 19.3. The number of rotatable bonds is 12. The van der Waals surface area contributed by atoms with Crippen LogP contribution >= 0.6 is 0 Å². The molecular formula is C34H34N2O10S3. The van der Waals surface area contributed by atoms with Crippen LogP contribution in [-0.4, -0.2) is 79.6 Å². The van der Waals surface area contributed by atoms with Crippen molar-refractivity contribution in [3.63, 3.8) is 0 Å². The molecule has 4 aromatic carbocycles. The van der Waals surface area contributed by atoms with E-state index in [9.17, 15) is 45.1 Å². The van der Waals surface area contributed by atoms with Crippen molar-refractivity contribution in [3.8, 4) is 0 Å². The molecule has 0 amide bonds. The highest BCUT2D eigenvalue weighted by Crippen LogP contribution is 2.35. The third kappa shape index (κ3) is 7.60. The first kappa shape index (κ1) is 35.9. The molecule has 1 heterocycles. The first-order chi connectivity index (χ1) is 23.0. The monoisotopic (exact) mass is 726 g/mol. The van der Waals surface area contributed by atoms with Gasteiger partial charge >= 0.3 is 11.9 Å². The number of carbonyl (C=O) groups is 2. The lowest BCUT2D eigenvalue weighted by Gasteiger charge is -2.37. The number of aromatic carboxylic acids is 2. The largest absolute Gasteiger partial charge is 0.478 e. The molecule has 2 N–H and O–H groups in total. The Balaban J connectivity index is 1.74. The van der Waals surface area contributed by atoms with E-state index in [1.807, 2.05) is 0 Å². The normalized spacial score (nSPS) is 17.7. The maximum absolute atomic E-state index is 14.7. The van der Waals surface area contributed by atoms with E-state index in [0.717, 1.165) is 20.7 Å². The van der Waals surface area contributed by atoms with E-state index in [-0.39, 0.29) is 45.1 Å². The fraction of sp³-hybridized carbons (Fsp3) is 0.235. The zero-order chi connectivity index (χ0) is 35.7. The Kier molecular flexibility index (Phi) is 10.1. The van der Waals surface area contributed by atoms with Gasteiger partial charge < -0.3 is 10.2 Å². The summed E-state index contributed by atoms with van der Waals surface area (Å²) in [6.45, 7) is 2.24. The molecule has 0 saturated carbocycles. The number of aryl methyl sites for hydroxylation is 2. The van der Waals surface area contributed by atoms with Crippen LogP contribution in [0.1, 0.15) is 43.0 Å². The summed E-state index contributed by atoms with van der Waals surface area (Å²) in [6.07, 6.45) is 0. The fourth-order valence-electron chi connectivity index (χ4n) is 5.92. The highest BCUT2D eigenvalue weighted by molar-refractivity contribution is 7.92. The Morgan fingerprint density at radius 1 is 0.633 bits per heavy atom. The van der Waals surface area contributed by atoms with Crippen molar-refractivity contribution in [3.05, 3.63) is 130 Å². The van der Waals surface area contributed by atoms with Crippen LogP contribution in [0, 0.1) is 13.8 Å². The third-order valence-electron chi connectivity index (χ3n) is 8.44. The molecule has 0 bridgehead atoms. The molecule has 1 saturated heterocycles. The Bertz CT molecular complexity index is 2070. The molecule has 5 rings (SSSR count). The summed E-state index contributed by atoms with van der Waals surface area (Å²) in [5.41, 5.74) is 0.751. The lowest BCUT2D eigenvalue weighted by molar-refractivity contribution is 0.0685. The second-order valence-corrected chi connectivity index (χ2v) is 17.7. The van der Waals surface area contributed by atoms with Gasteiger partial charge in [-0.15, -0.1) is 0 Å². The quantitative estimate of drug-likeness (QED) is 0.217. The van der Waals surface area contributed by atoms with Gasteiger partial charge in [-0.25, -0.2) is 34.8 Å². The Morgan fingerprint density at radius 3 is 1.31 bits per heavy atom. The van der Waals surface area contributed by atoms with Crippen LogP contribution in [0.25, 0.3) is 0 Å². The first-order valence-electron chi connectivity index (χ1n) is 15.0. The SMILES string of the molecule is Cc1ccc(C(=O)O)cc1S(=O)(=O)N(Cc1ccccc1)[C@@H]1CS(=O)(=O)C[C@@H]1N(Cc1ccccc1)S(=O)(=O)c1cc(C(=O)O)ccc1C. The van der Waals surface area contributed by atoms with Gasteiger partial charge in [0.05, 0.1) is 44.5 Å². The minimum absolute atomic E-state index is 0.204. The van der Waals surface area contributed by atoms with Gasteiger partial charge in [0, 0.05) is 13.1 Å². The molecule has 4 aromatic rings. The maximum atomic E-state index is 14.7. The molecule has 2 atom stereocenters. The number of hydrogen-bond acceptors (Lipinski definition) is 8. The van der Waals surface area contributed by atoms with E-state index in [0.29, 0.717) is 11.1 Å². The molecule has 0 radical (unpaired) electrons. The maximum Gasteiger partial charge on any atom is 0.335 e. The summed E-state index contributed by atoms with van der Waals surface area (Å²) in [4.78, 5) is 23.0. The van der Waals surface area contributed by atoms with Crippen LogP contribution in [-0.2, 0) is 43.0 Å². The summed E-state index contributed by atoms with van der Waals surface area (Å²) in [5.74, 6) is -4.19. The van der Waals surface area contributed by atoms with Gasteiger partial charge in [0.25, 0.3) is 0 Å². The van der Waals surface area contributed by atoms with Crippen molar-refractivity contribution in [2.75, 3.05) is 11.5 Å². The van der Waals surface area contributed by atoms with Gasteiger partial charge in [0.1, 0.15) is 0 Å². The van der Waals surface area contributed by atoms with E-state index in [2.05, 4.69) is 0 Å². The predicted octanol–water partition coefficient (Wildman–Crippen LogP) is 3.95. The van der Waals surface area contributed by atoms with Gasteiger partial charge in [-0.3, -0.25) is 0 Å². The number of carboxylic acids is 2. The van der Waals surface area contributed by atoms with Crippen LogP contribution in [0.2, 0.25) is 0 Å². The molecule has 1 aliphatic heterocycles. The molecule has 0 aromatic heterocycles. The summed E-state index contributed by atoms with van der Waals surface area (Å²) < 4.78 is 87.5. The zero-order valence-corrected chi connectivity index (χ0v) is 28.9. The van der Waals surface area contributed by atoms with Crippen LogP contribution in [0.4, 0.5) is 0 Å². The molecule has 1 fully saturated rings. The zero-order valence-electron chi connectivity index (χ0n) is 26.5. The minimum Gasteiger partial charge on any atom is -0.478 e. The highest BCUT2D eigenvalue weighted by Gasteiger charge is 2.51. The van der Waals surface area contributed by atoms with Crippen molar-refractivity contribution in [2.24, 2.45) is 0 Å². The van der Waals surface area contributed by atoms with E-state index in [1.54, 1.807) is 60.7 Å². The third-order valence-corrected chi connectivity index (χ3v) is 14.2. The van der Waals surface area contributed by atoms with Crippen LogP contribution < -0.4 is 0 Å². The number of carboxylic acid groups (broad SMARTS) is 2. The summed E-state index contributed by atoms with van der Waals surface area (Å²) in [7, 11) is -13.4. The summed E-state index contributed by atoms with van der Waals surface area (Å²) in [6, 6.07) is 20.9. The molecule has 15 heteroatoms. The van der Waals surface area contributed by atoms with Crippen molar-refractivity contribution >= 4 is 41.8 Å². The molecule has 0 unspecified atom stereocenters. The van der Waals surface area contributed by atoms with Crippen molar-refractivity contribution in [2.45, 2.75) is 48.8 Å². The van der Waals surface area contributed by atoms with Gasteiger partial charge in [-0.1, -0.05) is 72.8 Å². The highest BCUT2D eigenvalue weighted by atomic mass is 32.2. The minimum atomic E-state index is -4.69. The van der Waals surface area contributed by atoms with Crippen molar-refractivity contribution in [1.82, 2.24) is 8.61 Å². The van der Waals surface area contributed by atoms with E-state index in [1.165, 1.54) is 38.1 Å². The van der Waals surface area contributed by atoms with Gasteiger partial charge in [0.15, 0.2) is 9.84 Å². The second kappa shape index (κ2) is 13.8. The van der Waals surface area contributed by atoms with Crippen LogP contribution in [0.3, 0.4) is 0 Å². The first-order valence-corrected chi connectivity index (χ1v) is 19.7. The van der Waals surface area contributed by atoms with Crippen LogP contribution in [0.15, 0.2) is 107 Å². The molecule has 49 heavy (non-hydrogen) atoms. The average Bonchev–Trinajstić information content (AvgIpc) is 3.37. The van der Waals surface area contributed by atoms with E-state index >= 15 is 0 Å². The fourth-order valence-corrected chi connectivity index (χ4v) is 11.9. The predicted molar refractivity (Wildman–Crippen MR) is 181 cm³/mol. The van der Waals surface area contributed by atoms with Crippen molar-refractivity contribution in [1.29, 1.82) is 0 Å². The molecule has 0 spiro atoms. The Hall–Kier alpha value is -4.41. The summed E-state index contributed by atoms with van der Waals surface area (Å²) >= 11 is 0. The van der Waals surface area contributed by atoms with Gasteiger partial charge in [0.2, 0.25) is 20.0 Å². The molecule has 258 valence electrons. The van der Waals surface area contributed by atoms with Crippen molar-refractivity contribution < 1.29 is 45.1 Å². The van der Waals surface area contributed by atoms with Gasteiger partial charge in [-0.05, 0) is 60.4 Å². The van der Waals surface area contributed by atoms with E-state index in [4.69, 9.17) is 0 Å². The Morgan fingerprint density at radius 2 is 0.980 bits per heavy atom. The number of sulfone groups is 1. The smallest absolute Gasteiger partial charge is 0.335 e.